The Morgan fingerprint density at radius 1 is 1.10 bits per heavy atom. The first kappa shape index (κ1) is 13.4. The molecule has 1 aliphatic heterocycles. The molecule has 1 aromatic heterocycles. The molecule has 1 N–H and O–H groups in total. The van der Waals surface area contributed by atoms with Gasteiger partial charge in [0.2, 0.25) is 0 Å². The Morgan fingerprint density at radius 3 is 2.50 bits per heavy atom. The molecule has 0 atom stereocenters. The van der Waals surface area contributed by atoms with E-state index in [1.165, 1.54) is 32.1 Å². The lowest BCUT2D eigenvalue weighted by atomic mass is 9.95. The number of aromatic nitrogens is 1. The van der Waals surface area contributed by atoms with Crippen molar-refractivity contribution in [2.75, 3.05) is 18.0 Å². The second kappa shape index (κ2) is 6.25. The number of rotatable bonds is 3. The average molecular weight is 273 g/mol. The SMILES string of the molecule is O=C(NC1CCCCC1)c1ccc(N2CCCC2)cn1. The molecule has 1 amide bonds. The van der Waals surface area contributed by atoms with E-state index in [1.807, 2.05) is 18.3 Å². The van der Waals surface area contributed by atoms with Gasteiger partial charge >= 0.3 is 0 Å². The van der Waals surface area contributed by atoms with Crippen molar-refractivity contribution in [3.05, 3.63) is 24.0 Å². The fourth-order valence-corrected chi connectivity index (χ4v) is 3.19. The minimum Gasteiger partial charge on any atom is -0.370 e. The molecule has 0 aromatic carbocycles. The third kappa shape index (κ3) is 3.11. The first-order chi connectivity index (χ1) is 9.83. The second-order valence-corrected chi connectivity index (χ2v) is 5.90. The normalized spacial score (nSPS) is 20.1. The van der Waals surface area contributed by atoms with Crippen molar-refractivity contribution in [3.63, 3.8) is 0 Å². The standard InChI is InChI=1S/C16H23N3O/c20-16(18-13-6-2-1-3-7-13)15-9-8-14(12-17-15)19-10-4-5-11-19/h8-9,12-13H,1-7,10-11H2,(H,18,20). The number of amides is 1. The van der Waals surface area contributed by atoms with E-state index >= 15 is 0 Å². The number of pyridine rings is 1. The maximum atomic E-state index is 12.2. The zero-order chi connectivity index (χ0) is 13.8. The molecule has 20 heavy (non-hydrogen) atoms. The quantitative estimate of drug-likeness (QED) is 0.921. The molecule has 4 heteroatoms. The zero-order valence-corrected chi connectivity index (χ0v) is 12.0. The molecule has 3 rings (SSSR count). The van der Waals surface area contributed by atoms with Crippen LogP contribution in [0.1, 0.15) is 55.4 Å². The van der Waals surface area contributed by atoms with Gasteiger partial charge in [0, 0.05) is 19.1 Å². The number of anilines is 1. The van der Waals surface area contributed by atoms with Gasteiger partial charge in [0.25, 0.3) is 5.91 Å². The summed E-state index contributed by atoms with van der Waals surface area (Å²) in [7, 11) is 0. The second-order valence-electron chi connectivity index (χ2n) is 5.90. The molecular formula is C16H23N3O. The summed E-state index contributed by atoms with van der Waals surface area (Å²) >= 11 is 0. The highest BCUT2D eigenvalue weighted by atomic mass is 16.1. The van der Waals surface area contributed by atoms with E-state index in [9.17, 15) is 4.79 Å². The van der Waals surface area contributed by atoms with Crippen LogP contribution in [0.4, 0.5) is 5.69 Å². The molecule has 108 valence electrons. The van der Waals surface area contributed by atoms with Crippen LogP contribution in [-0.2, 0) is 0 Å². The predicted molar refractivity (Wildman–Crippen MR) is 80.0 cm³/mol. The molecule has 0 radical (unpaired) electrons. The van der Waals surface area contributed by atoms with E-state index in [0.717, 1.165) is 31.6 Å². The minimum atomic E-state index is -0.0233. The molecule has 1 aromatic rings. The summed E-state index contributed by atoms with van der Waals surface area (Å²) in [4.78, 5) is 18.8. The lowest BCUT2D eigenvalue weighted by molar-refractivity contribution is 0.0922. The van der Waals surface area contributed by atoms with Crippen LogP contribution in [0.2, 0.25) is 0 Å². The van der Waals surface area contributed by atoms with Crippen LogP contribution >= 0.6 is 0 Å². The summed E-state index contributed by atoms with van der Waals surface area (Å²) in [6.45, 7) is 2.21. The number of hydrogen-bond donors (Lipinski definition) is 1. The van der Waals surface area contributed by atoms with E-state index in [2.05, 4.69) is 15.2 Å². The zero-order valence-electron chi connectivity index (χ0n) is 12.0. The smallest absolute Gasteiger partial charge is 0.270 e. The van der Waals surface area contributed by atoms with E-state index in [1.54, 1.807) is 0 Å². The highest BCUT2D eigenvalue weighted by molar-refractivity contribution is 5.92. The van der Waals surface area contributed by atoms with E-state index in [0.29, 0.717) is 11.7 Å². The molecule has 1 aliphatic carbocycles. The van der Waals surface area contributed by atoms with Crippen molar-refractivity contribution >= 4 is 11.6 Å². The number of carbonyl (C=O) groups is 1. The summed E-state index contributed by atoms with van der Waals surface area (Å²) in [5, 5.41) is 3.11. The van der Waals surface area contributed by atoms with Crippen molar-refractivity contribution < 1.29 is 4.79 Å². The average Bonchev–Trinajstić information content (AvgIpc) is 3.03. The van der Waals surface area contributed by atoms with Gasteiger partial charge in [-0.25, -0.2) is 4.98 Å². The van der Waals surface area contributed by atoms with Crippen molar-refractivity contribution in [2.45, 2.75) is 51.0 Å². The lowest BCUT2D eigenvalue weighted by Gasteiger charge is -2.22. The maximum absolute atomic E-state index is 12.2. The lowest BCUT2D eigenvalue weighted by Crippen LogP contribution is -2.36. The Labute approximate surface area is 120 Å². The van der Waals surface area contributed by atoms with Gasteiger partial charge in [-0.15, -0.1) is 0 Å². The summed E-state index contributed by atoms with van der Waals surface area (Å²) < 4.78 is 0. The Morgan fingerprint density at radius 2 is 1.85 bits per heavy atom. The fourth-order valence-electron chi connectivity index (χ4n) is 3.19. The first-order valence-corrected chi connectivity index (χ1v) is 7.85. The summed E-state index contributed by atoms with van der Waals surface area (Å²) in [5.41, 5.74) is 1.68. The van der Waals surface area contributed by atoms with Gasteiger partial charge in [0.05, 0.1) is 11.9 Å². The van der Waals surface area contributed by atoms with E-state index in [-0.39, 0.29) is 5.91 Å². The number of nitrogens with one attached hydrogen (secondary N) is 1. The van der Waals surface area contributed by atoms with Crippen molar-refractivity contribution in [1.29, 1.82) is 0 Å². The van der Waals surface area contributed by atoms with Gasteiger partial charge in [0.15, 0.2) is 0 Å². The monoisotopic (exact) mass is 273 g/mol. The molecule has 0 bridgehead atoms. The number of hydrogen-bond acceptors (Lipinski definition) is 3. The highest BCUT2D eigenvalue weighted by Crippen LogP contribution is 2.20. The van der Waals surface area contributed by atoms with Crippen LogP contribution in [0.3, 0.4) is 0 Å². The third-order valence-corrected chi connectivity index (χ3v) is 4.39. The van der Waals surface area contributed by atoms with Gasteiger partial charge < -0.3 is 10.2 Å². The van der Waals surface area contributed by atoms with Crippen LogP contribution in [-0.4, -0.2) is 30.0 Å². The Hall–Kier alpha value is -1.58. The minimum absolute atomic E-state index is 0.0233. The van der Waals surface area contributed by atoms with Crippen LogP contribution < -0.4 is 10.2 Å². The summed E-state index contributed by atoms with van der Waals surface area (Å²) in [5.74, 6) is -0.0233. The molecule has 1 saturated carbocycles. The highest BCUT2D eigenvalue weighted by Gasteiger charge is 2.18. The molecular weight excluding hydrogens is 250 g/mol. The molecule has 2 heterocycles. The molecule has 0 spiro atoms. The molecule has 2 aliphatic rings. The molecule has 0 unspecified atom stereocenters. The number of nitrogens with zero attached hydrogens (tertiary/aromatic N) is 2. The predicted octanol–water partition coefficient (Wildman–Crippen LogP) is 2.74. The molecule has 2 fully saturated rings. The van der Waals surface area contributed by atoms with Gasteiger partial charge in [-0.1, -0.05) is 19.3 Å². The largest absolute Gasteiger partial charge is 0.370 e. The van der Waals surface area contributed by atoms with Crippen molar-refractivity contribution in [2.24, 2.45) is 0 Å². The summed E-state index contributed by atoms with van der Waals surface area (Å²) in [6.07, 6.45) is 10.3. The van der Waals surface area contributed by atoms with Crippen LogP contribution in [0, 0.1) is 0 Å². The molecule has 1 saturated heterocycles. The van der Waals surface area contributed by atoms with E-state index < -0.39 is 0 Å². The Balaban J connectivity index is 1.59. The van der Waals surface area contributed by atoms with Crippen molar-refractivity contribution in [1.82, 2.24) is 10.3 Å². The van der Waals surface area contributed by atoms with E-state index in [4.69, 9.17) is 0 Å². The van der Waals surface area contributed by atoms with Gasteiger partial charge in [0.1, 0.15) is 5.69 Å². The number of carbonyl (C=O) groups excluding carboxylic acids is 1. The van der Waals surface area contributed by atoms with Gasteiger partial charge in [-0.2, -0.15) is 0 Å². The van der Waals surface area contributed by atoms with Gasteiger partial charge in [-0.05, 0) is 37.8 Å². The maximum Gasteiger partial charge on any atom is 0.270 e. The molecule has 4 nitrogen and oxygen atoms in total. The third-order valence-electron chi connectivity index (χ3n) is 4.39. The first-order valence-electron chi connectivity index (χ1n) is 7.85. The topological polar surface area (TPSA) is 45.2 Å². The van der Waals surface area contributed by atoms with Crippen LogP contribution in [0.5, 0.6) is 0 Å². The summed E-state index contributed by atoms with van der Waals surface area (Å²) in [6, 6.07) is 4.22. The fraction of sp³-hybridized carbons (Fsp3) is 0.625. The van der Waals surface area contributed by atoms with Crippen molar-refractivity contribution in [3.8, 4) is 0 Å². The van der Waals surface area contributed by atoms with Crippen LogP contribution in [0.25, 0.3) is 0 Å². The Kier molecular flexibility index (Phi) is 4.19. The van der Waals surface area contributed by atoms with Gasteiger partial charge in [-0.3, -0.25) is 4.79 Å². The van der Waals surface area contributed by atoms with Crippen LogP contribution in [0.15, 0.2) is 18.3 Å². The Bertz CT molecular complexity index is 445.